The molecule has 1 saturated carbocycles. The second-order valence-electron chi connectivity index (χ2n) is 7.80. The summed E-state index contributed by atoms with van der Waals surface area (Å²) in [6, 6.07) is 12.1. The minimum absolute atomic E-state index is 0.0284. The predicted octanol–water partition coefficient (Wildman–Crippen LogP) is 5.41. The Kier molecular flexibility index (Phi) is 4.88. The molecule has 146 valence electrons. The van der Waals surface area contributed by atoms with Crippen molar-refractivity contribution in [1.29, 1.82) is 0 Å². The van der Waals surface area contributed by atoms with E-state index in [1.165, 1.54) is 12.1 Å². The summed E-state index contributed by atoms with van der Waals surface area (Å²) >= 11 is 6.01. The molecular weight excluding hydrogens is 379 g/mol. The van der Waals surface area contributed by atoms with Gasteiger partial charge in [0.05, 0.1) is 17.5 Å². The van der Waals surface area contributed by atoms with Gasteiger partial charge in [0, 0.05) is 23.0 Å². The third-order valence-electron chi connectivity index (χ3n) is 6.08. The fourth-order valence-corrected chi connectivity index (χ4v) is 4.73. The zero-order valence-electron chi connectivity index (χ0n) is 15.7. The molecule has 0 aliphatic heterocycles. The highest BCUT2D eigenvalue weighted by molar-refractivity contribution is 6.30. The Morgan fingerprint density at radius 1 is 1.32 bits per heavy atom. The summed E-state index contributed by atoms with van der Waals surface area (Å²) in [4.78, 5) is 16.5. The first-order valence-corrected chi connectivity index (χ1v) is 9.89. The Labute approximate surface area is 168 Å². The average molecular weight is 401 g/mol. The molecule has 1 aliphatic carbocycles. The summed E-state index contributed by atoms with van der Waals surface area (Å²) in [7, 11) is 0. The summed E-state index contributed by atoms with van der Waals surface area (Å²) in [5, 5.41) is 10.3. The fraction of sp³-hybridized carbons (Fsp3) is 0.364. The van der Waals surface area contributed by atoms with Crippen molar-refractivity contribution in [3.63, 3.8) is 0 Å². The highest BCUT2D eigenvalue weighted by Crippen LogP contribution is 2.48. The SMILES string of the molecule is CC1CCCC1(CC(=O)O)c1nc2cc(F)ccc2n1Cc1ccc(Cl)cc1. The number of fused-ring (bicyclic) bond motifs is 1. The topological polar surface area (TPSA) is 55.1 Å². The maximum Gasteiger partial charge on any atom is 0.304 e. The van der Waals surface area contributed by atoms with Crippen LogP contribution in [0.4, 0.5) is 4.39 Å². The number of nitrogens with zero attached hydrogens (tertiary/aromatic N) is 2. The molecule has 4 nitrogen and oxygen atoms in total. The average Bonchev–Trinajstić information content (AvgIpc) is 3.18. The summed E-state index contributed by atoms with van der Waals surface area (Å²) in [6.45, 7) is 2.63. The summed E-state index contributed by atoms with van der Waals surface area (Å²) in [6.07, 6.45) is 2.73. The minimum atomic E-state index is -0.829. The fourth-order valence-electron chi connectivity index (χ4n) is 4.61. The van der Waals surface area contributed by atoms with Gasteiger partial charge in [0.1, 0.15) is 11.6 Å². The molecule has 0 spiro atoms. The van der Waals surface area contributed by atoms with E-state index in [0.29, 0.717) is 17.1 Å². The standard InChI is InChI=1S/C22H22ClFN2O2/c1-14-3-2-10-22(14,12-20(27)28)21-25-18-11-17(24)8-9-19(18)26(21)13-15-4-6-16(23)7-5-15/h4-9,11,14H,2-3,10,12-13H2,1H3,(H,27,28). The normalized spacial score (nSPS) is 22.0. The van der Waals surface area contributed by atoms with Crippen LogP contribution in [0.15, 0.2) is 42.5 Å². The van der Waals surface area contributed by atoms with E-state index in [0.717, 1.165) is 36.2 Å². The van der Waals surface area contributed by atoms with Crippen LogP contribution in [0.5, 0.6) is 0 Å². The van der Waals surface area contributed by atoms with Crippen LogP contribution in [0.3, 0.4) is 0 Å². The maximum absolute atomic E-state index is 13.9. The molecule has 0 bridgehead atoms. The number of imidazole rings is 1. The lowest BCUT2D eigenvalue weighted by molar-refractivity contribution is -0.139. The van der Waals surface area contributed by atoms with Gasteiger partial charge in [-0.05, 0) is 48.6 Å². The molecular formula is C22H22ClFN2O2. The van der Waals surface area contributed by atoms with Crippen LogP contribution >= 0.6 is 11.6 Å². The van der Waals surface area contributed by atoms with Gasteiger partial charge < -0.3 is 9.67 Å². The third kappa shape index (κ3) is 3.28. The van der Waals surface area contributed by atoms with Crippen LogP contribution in [-0.2, 0) is 16.8 Å². The maximum atomic E-state index is 13.9. The lowest BCUT2D eigenvalue weighted by Crippen LogP contribution is -2.35. The molecule has 4 rings (SSSR count). The molecule has 28 heavy (non-hydrogen) atoms. The summed E-state index contributed by atoms with van der Waals surface area (Å²) in [5.41, 5.74) is 1.86. The van der Waals surface area contributed by atoms with Crippen molar-refractivity contribution < 1.29 is 14.3 Å². The van der Waals surface area contributed by atoms with E-state index in [-0.39, 0.29) is 18.2 Å². The van der Waals surface area contributed by atoms with Crippen molar-refractivity contribution >= 4 is 28.6 Å². The molecule has 0 amide bonds. The van der Waals surface area contributed by atoms with Gasteiger partial charge in [-0.3, -0.25) is 4.79 Å². The molecule has 1 heterocycles. The zero-order valence-corrected chi connectivity index (χ0v) is 16.4. The number of carboxylic acids is 1. The largest absolute Gasteiger partial charge is 0.481 e. The highest BCUT2D eigenvalue weighted by atomic mass is 35.5. The first-order chi connectivity index (χ1) is 13.4. The van der Waals surface area contributed by atoms with Crippen molar-refractivity contribution in [1.82, 2.24) is 9.55 Å². The van der Waals surface area contributed by atoms with Gasteiger partial charge in [-0.1, -0.05) is 37.1 Å². The van der Waals surface area contributed by atoms with Gasteiger partial charge in [-0.15, -0.1) is 0 Å². The summed E-state index contributed by atoms with van der Waals surface area (Å²) in [5.74, 6) is -0.239. The number of carboxylic acid groups (broad SMARTS) is 1. The molecule has 0 radical (unpaired) electrons. The Morgan fingerprint density at radius 3 is 2.71 bits per heavy atom. The molecule has 6 heteroatoms. The third-order valence-corrected chi connectivity index (χ3v) is 6.33. The van der Waals surface area contributed by atoms with Gasteiger partial charge >= 0.3 is 5.97 Å². The van der Waals surface area contributed by atoms with Crippen LogP contribution < -0.4 is 0 Å². The van der Waals surface area contributed by atoms with Crippen molar-refractivity contribution in [2.24, 2.45) is 5.92 Å². The highest BCUT2D eigenvalue weighted by Gasteiger charge is 2.47. The van der Waals surface area contributed by atoms with E-state index in [2.05, 4.69) is 11.5 Å². The van der Waals surface area contributed by atoms with Crippen LogP contribution in [0, 0.1) is 11.7 Å². The number of hydrogen-bond donors (Lipinski definition) is 1. The van der Waals surface area contributed by atoms with E-state index >= 15 is 0 Å². The van der Waals surface area contributed by atoms with E-state index in [1.54, 1.807) is 6.07 Å². The van der Waals surface area contributed by atoms with Crippen LogP contribution in [-0.4, -0.2) is 20.6 Å². The molecule has 2 unspecified atom stereocenters. The van der Waals surface area contributed by atoms with Crippen LogP contribution in [0.1, 0.15) is 44.0 Å². The lowest BCUT2D eigenvalue weighted by Gasteiger charge is -2.32. The molecule has 1 fully saturated rings. The van der Waals surface area contributed by atoms with Crippen molar-refractivity contribution in [2.45, 2.75) is 44.6 Å². The number of benzene rings is 2. The Morgan fingerprint density at radius 2 is 2.07 bits per heavy atom. The number of carbonyl (C=O) groups is 1. The lowest BCUT2D eigenvalue weighted by atomic mass is 9.75. The summed E-state index contributed by atoms with van der Waals surface area (Å²) < 4.78 is 15.9. The Hall–Kier alpha value is -2.40. The Balaban J connectivity index is 1.91. The second kappa shape index (κ2) is 7.21. The molecule has 1 aromatic heterocycles. The van der Waals surface area contributed by atoms with Gasteiger partial charge in [0.15, 0.2) is 0 Å². The van der Waals surface area contributed by atoms with Gasteiger partial charge in [-0.25, -0.2) is 9.37 Å². The molecule has 0 saturated heterocycles. The van der Waals surface area contributed by atoms with E-state index in [4.69, 9.17) is 16.6 Å². The smallest absolute Gasteiger partial charge is 0.304 e. The van der Waals surface area contributed by atoms with E-state index < -0.39 is 11.4 Å². The molecule has 2 atom stereocenters. The zero-order chi connectivity index (χ0) is 19.9. The first kappa shape index (κ1) is 18.9. The van der Waals surface area contributed by atoms with Crippen molar-refractivity contribution in [3.05, 3.63) is 64.7 Å². The monoisotopic (exact) mass is 400 g/mol. The molecule has 1 aliphatic rings. The van der Waals surface area contributed by atoms with Gasteiger partial charge in [0.25, 0.3) is 0 Å². The number of halogens is 2. The molecule has 2 aromatic carbocycles. The predicted molar refractivity (Wildman–Crippen MR) is 107 cm³/mol. The second-order valence-corrected chi connectivity index (χ2v) is 8.24. The van der Waals surface area contributed by atoms with E-state index in [1.807, 2.05) is 24.3 Å². The van der Waals surface area contributed by atoms with Gasteiger partial charge in [0.2, 0.25) is 0 Å². The number of aliphatic carboxylic acids is 1. The Bertz CT molecular complexity index is 1030. The van der Waals surface area contributed by atoms with E-state index in [9.17, 15) is 14.3 Å². The minimum Gasteiger partial charge on any atom is -0.481 e. The molecule has 1 N–H and O–H groups in total. The van der Waals surface area contributed by atoms with Crippen molar-refractivity contribution in [3.8, 4) is 0 Å². The van der Waals surface area contributed by atoms with Gasteiger partial charge in [-0.2, -0.15) is 0 Å². The first-order valence-electron chi connectivity index (χ1n) is 9.51. The number of aromatic nitrogens is 2. The van der Waals surface area contributed by atoms with Crippen LogP contribution in [0.2, 0.25) is 5.02 Å². The quantitative estimate of drug-likeness (QED) is 0.623. The molecule has 3 aromatic rings. The van der Waals surface area contributed by atoms with Crippen molar-refractivity contribution in [2.75, 3.05) is 0 Å². The number of rotatable bonds is 5. The number of hydrogen-bond acceptors (Lipinski definition) is 2. The van der Waals surface area contributed by atoms with Crippen LogP contribution in [0.25, 0.3) is 11.0 Å².